The minimum absolute atomic E-state index is 0.0361. The maximum Gasteiger partial charge on any atom is 0.289 e. The zero-order valence-corrected chi connectivity index (χ0v) is 21.5. The second-order valence-electron chi connectivity index (χ2n) is 7.72. The lowest BCUT2D eigenvalue weighted by atomic mass is 10.1. The fourth-order valence-corrected chi connectivity index (χ4v) is 5.63. The molecule has 4 aromatic rings. The van der Waals surface area contributed by atoms with E-state index in [4.69, 9.17) is 16.3 Å². The Balaban J connectivity index is 1.69. The molecule has 2 heterocycles. The molecule has 2 aromatic carbocycles. The quantitative estimate of drug-likeness (QED) is 0.165. The number of benzene rings is 2. The number of nitrogens with one attached hydrogen (secondary N) is 1. The molecule has 4 rings (SSSR count). The molecule has 1 atom stereocenters. The Labute approximate surface area is 215 Å². The average molecular weight is 580 g/mol. The number of H-pyrrole nitrogens is 1. The SMILES string of the molecule is CN([C@H](COc1cnc(Cl)c(Br)c1)Cc1c[nH]c2ccccc12)S(=O)(=O)c1ccccc1[N+](=O)[O-]. The van der Waals surface area contributed by atoms with Gasteiger partial charge >= 0.3 is 0 Å². The van der Waals surface area contributed by atoms with E-state index in [9.17, 15) is 18.5 Å². The van der Waals surface area contributed by atoms with Crippen LogP contribution in [0, 0.1) is 10.1 Å². The monoisotopic (exact) mass is 578 g/mol. The molecule has 0 saturated heterocycles. The van der Waals surface area contributed by atoms with E-state index >= 15 is 0 Å². The Morgan fingerprint density at radius 1 is 1.23 bits per heavy atom. The van der Waals surface area contributed by atoms with Crippen molar-refractivity contribution < 1.29 is 18.1 Å². The summed E-state index contributed by atoms with van der Waals surface area (Å²) in [4.78, 5) is 17.6. The van der Waals surface area contributed by atoms with Crippen molar-refractivity contribution in [1.82, 2.24) is 14.3 Å². The first kappa shape index (κ1) is 25.1. The number of nitro groups is 1. The summed E-state index contributed by atoms with van der Waals surface area (Å²) < 4.78 is 34.6. The van der Waals surface area contributed by atoms with E-state index in [1.165, 1.54) is 37.5 Å². The highest BCUT2D eigenvalue weighted by Crippen LogP contribution is 2.29. The lowest BCUT2D eigenvalue weighted by Crippen LogP contribution is -2.42. The molecule has 0 spiro atoms. The van der Waals surface area contributed by atoms with Gasteiger partial charge in [0.25, 0.3) is 5.69 Å². The second kappa shape index (κ2) is 10.3. The number of para-hydroxylation sites is 2. The number of fused-ring (bicyclic) bond motifs is 1. The molecule has 12 heteroatoms. The molecule has 2 aromatic heterocycles. The highest BCUT2D eigenvalue weighted by atomic mass is 79.9. The third-order valence-electron chi connectivity index (χ3n) is 5.58. The van der Waals surface area contributed by atoms with Crippen LogP contribution < -0.4 is 4.74 Å². The molecule has 0 aliphatic heterocycles. The maximum absolute atomic E-state index is 13.5. The molecule has 35 heavy (non-hydrogen) atoms. The van der Waals surface area contributed by atoms with Crippen LogP contribution in [0.15, 0.2) is 76.4 Å². The van der Waals surface area contributed by atoms with E-state index < -0.39 is 26.7 Å². The van der Waals surface area contributed by atoms with Crippen molar-refractivity contribution in [2.24, 2.45) is 0 Å². The summed E-state index contributed by atoms with van der Waals surface area (Å²) in [5, 5.41) is 12.7. The van der Waals surface area contributed by atoms with Crippen LogP contribution in [0.2, 0.25) is 5.15 Å². The van der Waals surface area contributed by atoms with Crippen molar-refractivity contribution >= 4 is 54.1 Å². The summed E-state index contributed by atoms with van der Waals surface area (Å²) in [6.45, 7) is -0.0361. The van der Waals surface area contributed by atoms with Gasteiger partial charge in [0.2, 0.25) is 10.0 Å². The molecule has 0 fully saturated rings. The molecular weight excluding hydrogens is 560 g/mol. The standard InChI is InChI=1S/C23H20BrClN4O5S/c1-28(35(32,33)22-9-5-4-8-21(22)29(30)31)16(14-34-17-11-19(24)23(25)27-13-17)10-15-12-26-20-7-3-2-6-18(15)20/h2-9,11-13,16,26H,10,14H2,1H3/t16-/m0/s1. The number of halogens is 2. The molecule has 0 bridgehead atoms. The molecule has 0 aliphatic rings. The van der Waals surface area contributed by atoms with E-state index in [0.717, 1.165) is 20.8 Å². The topological polar surface area (TPSA) is 118 Å². The first-order valence-corrected chi connectivity index (χ1v) is 13.0. The average Bonchev–Trinajstić information content (AvgIpc) is 3.26. The van der Waals surface area contributed by atoms with E-state index in [-0.39, 0.29) is 16.7 Å². The van der Waals surface area contributed by atoms with Crippen LogP contribution in [-0.2, 0) is 16.4 Å². The summed E-state index contributed by atoms with van der Waals surface area (Å²) in [5.41, 5.74) is 1.31. The van der Waals surface area contributed by atoms with E-state index in [1.807, 2.05) is 30.5 Å². The number of hydrogen-bond acceptors (Lipinski definition) is 6. The number of hydrogen-bond donors (Lipinski definition) is 1. The number of nitro benzene ring substituents is 1. The van der Waals surface area contributed by atoms with Crippen LogP contribution in [0.4, 0.5) is 5.69 Å². The predicted molar refractivity (Wildman–Crippen MR) is 136 cm³/mol. The Morgan fingerprint density at radius 3 is 2.69 bits per heavy atom. The van der Waals surface area contributed by atoms with Gasteiger partial charge in [0, 0.05) is 30.2 Å². The molecule has 1 N–H and O–H groups in total. The van der Waals surface area contributed by atoms with Gasteiger partial charge in [0.05, 0.1) is 21.6 Å². The number of ether oxygens (including phenoxy) is 1. The van der Waals surface area contributed by atoms with Gasteiger partial charge in [-0.05, 0) is 46.1 Å². The van der Waals surface area contributed by atoms with Gasteiger partial charge in [0.1, 0.15) is 17.5 Å². The van der Waals surface area contributed by atoms with E-state index in [2.05, 4.69) is 25.9 Å². The van der Waals surface area contributed by atoms with Gasteiger partial charge < -0.3 is 9.72 Å². The van der Waals surface area contributed by atoms with Crippen LogP contribution in [0.25, 0.3) is 10.9 Å². The number of sulfonamides is 1. The van der Waals surface area contributed by atoms with Crippen LogP contribution >= 0.6 is 27.5 Å². The molecular formula is C23H20BrClN4O5S. The third-order valence-corrected chi connectivity index (χ3v) is 8.67. The number of aromatic nitrogens is 2. The molecule has 9 nitrogen and oxygen atoms in total. The van der Waals surface area contributed by atoms with Crippen molar-refractivity contribution in [3.63, 3.8) is 0 Å². The molecule has 0 unspecified atom stereocenters. The Morgan fingerprint density at radius 2 is 1.94 bits per heavy atom. The van der Waals surface area contributed by atoms with Crippen molar-refractivity contribution in [3.8, 4) is 5.75 Å². The summed E-state index contributed by atoms with van der Waals surface area (Å²) in [5.74, 6) is 0.390. The van der Waals surface area contributed by atoms with Gasteiger partial charge in [-0.3, -0.25) is 10.1 Å². The van der Waals surface area contributed by atoms with Crippen molar-refractivity contribution in [2.75, 3.05) is 13.7 Å². The maximum atomic E-state index is 13.5. The lowest BCUT2D eigenvalue weighted by molar-refractivity contribution is -0.387. The molecule has 0 radical (unpaired) electrons. The van der Waals surface area contributed by atoms with Gasteiger partial charge in [-0.15, -0.1) is 0 Å². The molecule has 0 amide bonds. The third kappa shape index (κ3) is 5.32. The predicted octanol–water partition coefficient (Wildman–Crippen LogP) is 5.20. The Hall–Kier alpha value is -2.99. The number of nitrogens with zero attached hydrogens (tertiary/aromatic N) is 3. The fourth-order valence-electron chi connectivity index (χ4n) is 3.70. The summed E-state index contributed by atoms with van der Waals surface area (Å²) in [6.07, 6.45) is 3.55. The van der Waals surface area contributed by atoms with Crippen LogP contribution in [0.1, 0.15) is 5.56 Å². The largest absolute Gasteiger partial charge is 0.490 e. The molecule has 182 valence electrons. The molecule has 0 aliphatic carbocycles. The zero-order valence-electron chi connectivity index (χ0n) is 18.4. The highest BCUT2D eigenvalue weighted by molar-refractivity contribution is 9.10. The van der Waals surface area contributed by atoms with Gasteiger partial charge in [-0.1, -0.05) is 41.9 Å². The first-order chi connectivity index (χ1) is 16.7. The second-order valence-corrected chi connectivity index (χ2v) is 10.9. The van der Waals surface area contributed by atoms with Crippen LogP contribution in [0.5, 0.6) is 5.75 Å². The number of pyridine rings is 1. The fraction of sp³-hybridized carbons (Fsp3) is 0.174. The highest BCUT2D eigenvalue weighted by Gasteiger charge is 2.34. The normalized spacial score (nSPS) is 12.7. The minimum Gasteiger partial charge on any atom is -0.490 e. The first-order valence-electron chi connectivity index (χ1n) is 10.4. The number of rotatable bonds is 9. The molecule has 0 saturated carbocycles. The number of likely N-dealkylation sites (N-methyl/N-ethyl adjacent to an activating group) is 1. The van der Waals surface area contributed by atoms with Crippen molar-refractivity contribution in [3.05, 3.63) is 92.3 Å². The van der Waals surface area contributed by atoms with Gasteiger partial charge in [0.15, 0.2) is 4.90 Å². The zero-order chi connectivity index (χ0) is 25.2. The smallest absolute Gasteiger partial charge is 0.289 e. The van der Waals surface area contributed by atoms with Crippen molar-refractivity contribution in [2.45, 2.75) is 17.4 Å². The summed E-state index contributed by atoms with van der Waals surface area (Å²) >= 11 is 9.25. The van der Waals surface area contributed by atoms with Crippen molar-refractivity contribution in [1.29, 1.82) is 0 Å². The van der Waals surface area contributed by atoms with Crippen LogP contribution in [0.3, 0.4) is 0 Å². The lowest BCUT2D eigenvalue weighted by Gasteiger charge is -2.27. The van der Waals surface area contributed by atoms with E-state index in [0.29, 0.717) is 16.6 Å². The summed E-state index contributed by atoms with van der Waals surface area (Å²) in [7, 11) is -2.84. The van der Waals surface area contributed by atoms with E-state index in [1.54, 1.807) is 6.07 Å². The number of aromatic amines is 1. The van der Waals surface area contributed by atoms with Gasteiger partial charge in [-0.25, -0.2) is 13.4 Å². The Bertz CT molecular complexity index is 1490. The van der Waals surface area contributed by atoms with Crippen LogP contribution in [-0.4, -0.2) is 47.3 Å². The minimum atomic E-state index is -4.23. The van der Waals surface area contributed by atoms with Gasteiger partial charge in [-0.2, -0.15) is 4.31 Å². The summed E-state index contributed by atoms with van der Waals surface area (Å²) in [6, 6.07) is 13.9. The Kier molecular flexibility index (Phi) is 7.41.